The molecule has 2 unspecified atom stereocenters. The molecule has 3 nitrogen and oxygen atoms in total. The molecular weight excluding hydrogens is 240 g/mol. The van der Waals surface area contributed by atoms with Gasteiger partial charge in [0.05, 0.1) is 6.61 Å². The highest BCUT2D eigenvalue weighted by Gasteiger charge is 2.60. The van der Waals surface area contributed by atoms with E-state index in [9.17, 15) is 4.79 Å². The van der Waals surface area contributed by atoms with Gasteiger partial charge in [0, 0.05) is 13.0 Å². The Hall–Kier alpha value is -1.19. The van der Waals surface area contributed by atoms with Gasteiger partial charge in [-0.05, 0) is 31.2 Å². The van der Waals surface area contributed by atoms with E-state index in [0.717, 1.165) is 32.3 Å². The molecule has 0 spiro atoms. The van der Waals surface area contributed by atoms with Crippen LogP contribution in [-0.4, -0.2) is 24.1 Å². The molecule has 1 saturated heterocycles. The van der Waals surface area contributed by atoms with Gasteiger partial charge < -0.3 is 9.47 Å². The van der Waals surface area contributed by atoms with E-state index in [4.69, 9.17) is 9.47 Å². The smallest absolute Gasteiger partial charge is 0.164 e. The Morgan fingerprint density at radius 1 is 1.32 bits per heavy atom. The molecule has 1 heterocycles. The summed E-state index contributed by atoms with van der Waals surface area (Å²) in [6, 6.07) is 10.2. The highest BCUT2D eigenvalue weighted by Crippen LogP contribution is 2.49. The number of epoxide rings is 1. The number of ether oxygens (including phenoxy) is 2. The molecule has 19 heavy (non-hydrogen) atoms. The van der Waals surface area contributed by atoms with Crippen molar-refractivity contribution < 1.29 is 14.3 Å². The minimum atomic E-state index is -0.106. The van der Waals surface area contributed by atoms with Crippen molar-refractivity contribution in [2.75, 3.05) is 6.61 Å². The summed E-state index contributed by atoms with van der Waals surface area (Å²) in [5, 5.41) is 0. The van der Waals surface area contributed by atoms with Crippen LogP contribution in [0.4, 0.5) is 0 Å². The fourth-order valence-corrected chi connectivity index (χ4v) is 3.00. The molecule has 3 rings (SSSR count). The van der Waals surface area contributed by atoms with Gasteiger partial charge >= 0.3 is 0 Å². The van der Waals surface area contributed by atoms with Crippen molar-refractivity contribution >= 4 is 5.78 Å². The third-order valence-electron chi connectivity index (χ3n) is 4.09. The molecule has 102 valence electrons. The number of rotatable bonds is 6. The maximum Gasteiger partial charge on any atom is 0.164 e. The van der Waals surface area contributed by atoms with Gasteiger partial charge in [0.25, 0.3) is 0 Å². The summed E-state index contributed by atoms with van der Waals surface area (Å²) in [7, 11) is 0. The van der Waals surface area contributed by atoms with Crippen LogP contribution >= 0.6 is 0 Å². The summed E-state index contributed by atoms with van der Waals surface area (Å²) in [5.74, 6) is 0.302. The lowest BCUT2D eigenvalue weighted by molar-refractivity contribution is -0.120. The molecule has 1 aliphatic heterocycles. The first kappa shape index (κ1) is 12.8. The van der Waals surface area contributed by atoms with Crippen LogP contribution in [0.5, 0.6) is 0 Å². The highest BCUT2D eigenvalue weighted by molar-refractivity contribution is 5.87. The number of fused-ring (bicyclic) bond motifs is 1. The van der Waals surface area contributed by atoms with Crippen LogP contribution in [0, 0.1) is 0 Å². The molecule has 1 aromatic carbocycles. The molecule has 2 fully saturated rings. The van der Waals surface area contributed by atoms with Crippen molar-refractivity contribution in [3.63, 3.8) is 0 Å². The molecule has 2 aliphatic rings. The third kappa shape index (κ3) is 2.88. The molecule has 3 heteroatoms. The van der Waals surface area contributed by atoms with E-state index in [1.165, 1.54) is 5.56 Å². The SMILES string of the molecule is O=C1CCCC2(CCCOCc3ccccc3)OC12. The molecule has 1 aliphatic carbocycles. The molecule has 0 aromatic heterocycles. The van der Waals surface area contributed by atoms with E-state index in [-0.39, 0.29) is 11.7 Å². The molecule has 1 saturated carbocycles. The average molecular weight is 260 g/mol. The summed E-state index contributed by atoms with van der Waals surface area (Å²) < 4.78 is 11.3. The second-order valence-electron chi connectivity index (χ2n) is 5.52. The first-order valence-electron chi connectivity index (χ1n) is 7.12. The summed E-state index contributed by atoms with van der Waals surface area (Å²) in [6.45, 7) is 1.40. The standard InChI is InChI=1S/C16H20O3/c17-14-8-4-9-16(15(14)19-16)10-5-11-18-12-13-6-2-1-3-7-13/h1-3,6-7,15H,4-5,8-12H2. The van der Waals surface area contributed by atoms with Crippen molar-refractivity contribution in [2.45, 2.75) is 50.4 Å². The van der Waals surface area contributed by atoms with Gasteiger partial charge in [-0.3, -0.25) is 4.79 Å². The lowest BCUT2D eigenvalue weighted by Gasteiger charge is -2.16. The maximum absolute atomic E-state index is 11.6. The highest BCUT2D eigenvalue weighted by atomic mass is 16.6. The van der Waals surface area contributed by atoms with Crippen molar-refractivity contribution in [2.24, 2.45) is 0 Å². The van der Waals surface area contributed by atoms with Crippen LogP contribution in [0.3, 0.4) is 0 Å². The molecular formula is C16H20O3. The van der Waals surface area contributed by atoms with E-state index in [0.29, 0.717) is 18.8 Å². The number of benzene rings is 1. The molecule has 0 radical (unpaired) electrons. The second kappa shape index (κ2) is 5.43. The minimum absolute atomic E-state index is 0.0876. The first-order valence-corrected chi connectivity index (χ1v) is 7.12. The predicted octanol–water partition coefficient (Wildman–Crippen LogP) is 2.87. The van der Waals surface area contributed by atoms with Crippen LogP contribution < -0.4 is 0 Å². The van der Waals surface area contributed by atoms with Gasteiger partial charge in [0.15, 0.2) is 5.78 Å². The fraction of sp³-hybridized carbons (Fsp3) is 0.562. The van der Waals surface area contributed by atoms with Gasteiger partial charge in [0.2, 0.25) is 0 Å². The number of carbonyl (C=O) groups is 1. The lowest BCUT2D eigenvalue weighted by atomic mass is 9.85. The number of hydrogen-bond donors (Lipinski definition) is 0. The summed E-state index contributed by atoms with van der Waals surface area (Å²) in [6.07, 6.45) is 4.57. The van der Waals surface area contributed by atoms with Gasteiger partial charge in [-0.15, -0.1) is 0 Å². The second-order valence-corrected chi connectivity index (χ2v) is 5.52. The van der Waals surface area contributed by atoms with E-state index >= 15 is 0 Å². The zero-order valence-corrected chi connectivity index (χ0v) is 11.1. The minimum Gasteiger partial charge on any atom is -0.377 e. The van der Waals surface area contributed by atoms with Crippen LogP contribution in [-0.2, 0) is 20.9 Å². The number of Topliss-reactive ketones (excluding diaryl/α,β-unsaturated/α-hetero) is 1. The van der Waals surface area contributed by atoms with Crippen molar-refractivity contribution in [1.29, 1.82) is 0 Å². The molecule has 0 N–H and O–H groups in total. The molecule has 0 bridgehead atoms. The quantitative estimate of drug-likeness (QED) is 0.583. The first-order chi connectivity index (χ1) is 9.30. The van der Waals surface area contributed by atoms with Crippen LogP contribution in [0.1, 0.15) is 37.7 Å². The van der Waals surface area contributed by atoms with Crippen LogP contribution in [0.25, 0.3) is 0 Å². The molecule has 0 amide bonds. The molecule has 2 atom stereocenters. The average Bonchev–Trinajstić information content (AvgIpc) is 3.16. The largest absolute Gasteiger partial charge is 0.377 e. The van der Waals surface area contributed by atoms with Gasteiger partial charge in [-0.25, -0.2) is 0 Å². The van der Waals surface area contributed by atoms with Crippen molar-refractivity contribution in [3.05, 3.63) is 35.9 Å². The molecule has 1 aromatic rings. The lowest BCUT2D eigenvalue weighted by Crippen LogP contribution is -2.26. The summed E-state index contributed by atoms with van der Waals surface area (Å²) in [5.41, 5.74) is 1.10. The van der Waals surface area contributed by atoms with Crippen molar-refractivity contribution in [3.8, 4) is 0 Å². The Kier molecular flexibility index (Phi) is 3.67. The van der Waals surface area contributed by atoms with E-state index in [1.54, 1.807) is 0 Å². The van der Waals surface area contributed by atoms with E-state index < -0.39 is 0 Å². The topological polar surface area (TPSA) is 38.8 Å². The Morgan fingerprint density at radius 3 is 3.00 bits per heavy atom. The van der Waals surface area contributed by atoms with E-state index in [1.807, 2.05) is 18.2 Å². The Bertz CT molecular complexity index is 443. The number of hydrogen-bond acceptors (Lipinski definition) is 3. The van der Waals surface area contributed by atoms with Crippen LogP contribution in [0.15, 0.2) is 30.3 Å². The Labute approximate surface area is 113 Å². The number of carbonyl (C=O) groups excluding carboxylic acids is 1. The summed E-state index contributed by atoms with van der Waals surface area (Å²) >= 11 is 0. The Balaban J connectivity index is 1.35. The fourth-order valence-electron chi connectivity index (χ4n) is 3.00. The maximum atomic E-state index is 11.6. The normalized spacial score (nSPS) is 29.1. The summed E-state index contributed by atoms with van der Waals surface area (Å²) in [4.78, 5) is 11.6. The van der Waals surface area contributed by atoms with Gasteiger partial charge in [-0.1, -0.05) is 30.3 Å². The zero-order valence-electron chi connectivity index (χ0n) is 11.1. The predicted molar refractivity (Wildman–Crippen MR) is 71.8 cm³/mol. The zero-order chi connectivity index (χ0) is 13.1. The Morgan fingerprint density at radius 2 is 2.16 bits per heavy atom. The van der Waals surface area contributed by atoms with Gasteiger partial charge in [0.1, 0.15) is 11.7 Å². The third-order valence-corrected chi connectivity index (χ3v) is 4.09. The number of ketones is 1. The monoisotopic (exact) mass is 260 g/mol. The van der Waals surface area contributed by atoms with Crippen LogP contribution in [0.2, 0.25) is 0 Å². The van der Waals surface area contributed by atoms with E-state index in [2.05, 4.69) is 12.1 Å². The van der Waals surface area contributed by atoms with Crippen molar-refractivity contribution in [1.82, 2.24) is 0 Å². The van der Waals surface area contributed by atoms with Gasteiger partial charge in [-0.2, -0.15) is 0 Å².